The third-order valence-electron chi connectivity index (χ3n) is 2.59. The van der Waals surface area contributed by atoms with Gasteiger partial charge in [-0.25, -0.2) is 4.79 Å². The number of hydrogen-bond donors (Lipinski definition) is 1. The predicted octanol–water partition coefficient (Wildman–Crippen LogP) is 0.893. The number of carbonyl (C=O) groups excluding carboxylic acids is 1. The first-order valence-electron chi connectivity index (χ1n) is 5.74. The van der Waals surface area contributed by atoms with Crippen LogP contribution in [0.25, 0.3) is 0 Å². The molecular weight excluding hydrogens is 250 g/mol. The summed E-state index contributed by atoms with van der Waals surface area (Å²) >= 11 is 0. The molecule has 6 nitrogen and oxygen atoms in total. The Hall–Kier alpha value is -1.79. The van der Waals surface area contributed by atoms with E-state index < -0.39 is 12.0 Å². The molecule has 1 aromatic carbocycles. The third kappa shape index (κ3) is 4.42. The van der Waals surface area contributed by atoms with E-state index in [-0.39, 0.29) is 13.2 Å². The molecular formula is C13H19NO5. The van der Waals surface area contributed by atoms with Crippen LogP contribution in [0.1, 0.15) is 11.6 Å². The van der Waals surface area contributed by atoms with E-state index in [0.29, 0.717) is 11.5 Å². The van der Waals surface area contributed by atoms with Crippen LogP contribution in [0.2, 0.25) is 0 Å². The summed E-state index contributed by atoms with van der Waals surface area (Å²) in [6.07, 6.45) is 0. The van der Waals surface area contributed by atoms with Crippen molar-refractivity contribution in [2.24, 2.45) is 5.73 Å². The van der Waals surface area contributed by atoms with Gasteiger partial charge in [-0.2, -0.15) is 0 Å². The molecule has 19 heavy (non-hydrogen) atoms. The van der Waals surface area contributed by atoms with Crippen molar-refractivity contribution >= 4 is 5.97 Å². The quantitative estimate of drug-likeness (QED) is 0.741. The van der Waals surface area contributed by atoms with Gasteiger partial charge in [-0.1, -0.05) is 0 Å². The lowest BCUT2D eigenvalue weighted by molar-refractivity contribution is -0.146. The predicted molar refractivity (Wildman–Crippen MR) is 69.3 cm³/mol. The highest BCUT2D eigenvalue weighted by molar-refractivity contribution is 5.70. The average Bonchev–Trinajstić information content (AvgIpc) is 2.45. The molecule has 0 heterocycles. The fraction of sp³-hybridized carbons (Fsp3) is 0.462. The molecule has 106 valence electrons. The number of ether oxygens (including phenoxy) is 4. The van der Waals surface area contributed by atoms with Gasteiger partial charge in [-0.15, -0.1) is 0 Å². The first-order chi connectivity index (χ1) is 9.12. The zero-order valence-corrected chi connectivity index (χ0v) is 11.3. The van der Waals surface area contributed by atoms with Crippen LogP contribution >= 0.6 is 0 Å². The van der Waals surface area contributed by atoms with Crippen LogP contribution in [0.5, 0.6) is 11.5 Å². The maximum absolute atomic E-state index is 10.9. The maximum Gasteiger partial charge on any atom is 0.331 e. The summed E-state index contributed by atoms with van der Waals surface area (Å²) in [6.45, 7) is 0.0699. The first-order valence-corrected chi connectivity index (χ1v) is 5.74. The Labute approximate surface area is 112 Å². The highest BCUT2D eigenvalue weighted by atomic mass is 16.6. The Morgan fingerprint density at radius 2 is 2.00 bits per heavy atom. The van der Waals surface area contributed by atoms with Gasteiger partial charge in [-0.3, -0.25) is 0 Å². The molecule has 1 unspecified atom stereocenters. The van der Waals surface area contributed by atoms with Gasteiger partial charge in [0.15, 0.2) is 0 Å². The number of rotatable bonds is 7. The summed E-state index contributed by atoms with van der Waals surface area (Å²) in [7, 11) is 4.44. The van der Waals surface area contributed by atoms with Crippen molar-refractivity contribution in [3.8, 4) is 11.5 Å². The molecule has 2 N–H and O–H groups in total. The summed E-state index contributed by atoms with van der Waals surface area (Å²) in [4.78, 5) is 10.9. The zero-order chi connectivity index (χ0) is 14.3. The minimum Gasteiger partial charge on any atom is -0.497 e. The molecule has 0 fully saturated rings. The second kappa shape index (κ2) is 7.60. The molecule has 0 bridgehead atoms. The largest absolute Gasteiger partial charge is 0.497 e. The number of methoxy groups -OCH3 is 3. The first kappa shape index (κ1) is 15.3. The Bertz CT molecular complexity index is 421. The fourth-order valence-electron chi connectivity index (χ4n) is 1.54. The van der Waals surface area contributed by atoms with Gasteiger partial charge in [0.2, 0.25) is 0 Å². The maximum atomic E-state index is 10.9. The Morgan fingerprint density at radius 1 is 1.26 bits per heavy atom. The number of esters is 1. The zero-order valence-electron chi connectivity index (χ0n) is 11.3. The smallest absolute Gasteiger partial charge is 0.331 e. The van der Waals surface area contributed by atoms with Crippen LogP contribution in [-0.4, -0.2) is 40.5 Å². The minimum atomic E-state index is -0.436. The van der Waals surface area contributed by atoms with E-state index in [2.05, 4.69) is 4.74 Å². The molecule has 6 heteroatoms. The average molecular weight is 269 g/mol. The normalized spacial score (nSPS) is 11.8. The van der Waals surface area contributed by atoms with Crippen LogP contribution in [0.15, 0.2) is 18.2 Å². The van der Waals surface area contributed by atoms with Gasteiger partial charge < -0.3 is 24.7 Å². The van der Waals surface area contributed by atoms with Crippen molar-refractivity contribution in [2.75, 3.05) is 34.5 Å². The van der Waals surface area contributed by atoms with Crippen molar-refractivity contribution in [3.05, 3.63) is 23.8 Å². The molecule has 0 aromatic heterocycles. The van der Waals surface area contributed by atoms with Crippen LogP contribution in [-0.2, 0) is 14.3 Å². The summed E-state index contributed by atoms with van der Waals surface area (Å²) in [5, 5.41) is 0. The SMILES string of the molecule is COC(=O)COCC(N)c1ccc(OC)cc1OC. The highest BCUT2D eigenvalue weighted by Gasteiger charge is 2.14. The van der Waals surface area contributed by atoms with E-state index >= 15 is 0 Å². The van der Waals surface area contributed by atoms with E-state index in [1.807, 2.05) is 6.07 Å². The monoisotopic (exact) mass is 269 g/mol. The standard InChI is InChI=1S/C13H19NO5/c1-16-9-4-5-10(12(6-9)17-2)11(14)7-19-8-13(15)18-3/h4-6,11H,7-8,14H2,1-3H3. The summed E-state index contributed by atoms with van der Waals surface area (Å²) in [6, 6.07) is 4.95. The molecule has 0 aliphatic rings. The molecule has 0 saturated heterocycles. The van der Waals surface area contributed by atoms with Gasteiger partial charge in [0.1, 0.15) is 18.1 Å². The van der Waals surface area contributed by atoms with Crippen LogP contribution in [0.3, 0.4) is 0 Å². The lowest BCUT2D eigenvalue weighted by Crippen LogP contribution is -2.21. The number of carbonyl (C=O) groups is 1. The second-order valence-corrected chi connectivity index (χ2v) is 3.81. The van der Waals surface area contributed by atoms with Crippen molar-refractivity contribution in [3.63, 3.8) is 0 Å². The molecule has 0 amide bonds. The summed E-state index contributed by atoms with van der Waals surface area (Å²) in [5.74, 6) is 0.866. The van der Waals surface area contributed by atoms with Gasteiger partial charge in [-0.05, 0) is 12.1 Å². The molecule has 1 atom stereocenters. The number of nitrogens with two attached hydrogens (primary N) is 1. The highest BCUT2D eigenvalue weighted by Crippen LogP contribution is 2.28. The van der Waals surface area contributed by atoms with Gasteiger partial charge >= 0.3 is 5.97 Å². The van der Waals surface area contributed by atoms with Crippen LogP contribution < -0.4 is 15.2 Å². The van der Waals surface area contributed by atoms with E-state index in [1.54, 1.807) is 26.4 Å². The van der Waals surface area contributed by atoms with Gasteiger partial charge in [0.25, 0.3) is 0 Å². The van der Waals surface area contributed by atoms with Crippen LogP contribution in [0, 0.1) is 0 Å². The summed E-state index contributed by atoms with van der Waals surface area (Å²) < 4.78 is 20.0. The topological polar surface area (TPSA) is 80.0 Å². The summed E-state index contributed by atoms with van der Waals surface area (Å²) in [5.41, 5.74) is 6.78. The molecule has 1 rings (SSSR count). The second-order valence-electron chi connectivity index (χ2n) is 3.81. The van der Waals surface area contributed by atoms with Crippen molar-refractivity contribution in [2.45, 2.75) is 6.04 Å². The van der Waals surface area contributed by atoms with Crippen molar-refractivity contribution < 1.29 is 23.7 Å². The molecule has 0 aliphatic heterocycles. The molecule has 1 aromatic rings. The van der Waals surface area contributed by atoms with E-state index in [0.717, 1.165) is 5.56 Å². The van der Waals surface area contributed by atoms with E-state index in [9.17, 15) is 4.79 Å². The van der Waals surface area contributed by atoms with E-state index in [4.69, 9.17) is 19.9 Å². The van der Waals surface area contributed by atoms with Crippen LogP contribution in [0.4, 0.5) is 0 Å². The molecule has 0 radical (unpaired) electrons. The molecule has 0 aliphatic carbocycles. The Balaban J connectivity index is 2.65. The lowest BCUT2D eigenvalue weighted by Gasteiger charge is -2.16. The molecule has 0 spiro atoms. The Kier molecular flexibility index (Phi) is 6.11. The Morgan fingerprint density at radius 3 is 2.58 bits per heavy atom. The number of benzene rings is 1. The van der Waals surface area contributed by atoms with Gasteiger partial charge in [0.05, 0.1) is 34.0 Å². The third-order valence-corrected chi connectivity index (χ3v) is 2.59. The van der Waals surface area contributed by atoms with Crippen molar-refractivity contribution in [1.82, 2.24) is 0 Å². The molecule has 0 saturated carbocycles. The lowest BCUT2D eigenvalue weighted by atomic mass is 10.1. The van der Waals surface area contributed by atoms with Gasteiger partial charge in [0, 0.05) is 11.6 Å². The van der Waals surface area contributed by atoms with E-state index in [1.165, 1.54) is 7.11 Å². The fourth-order valence-corrected chi connectivity index (χ4v) is 1.54. The number of hydrogen-bond acceptors (Lipinski definition) is 6. The van der Waals surface area contributed by atoms with Crippen molar-refractivity contribution in [1.29, 1.82) is 0 Å². The minimum absolute atomic E-state index is 0.122.